The van der Waals surface area contributed by atoms with Gasteiger partial charge >= 0.3 is 0 Å². The molecular formula is C22H20BrNO. The highest BCUT2D eigenvalue weighted by Gasteiger charge is 2.20. The molecule has 0 fully saturated rings. The zero-order chi connectivity index (χ0) is 17.6. The van der Waals surface area contributed by atoms with E-state index in [1.807, 2.05) is 36.4 Å². The fraction of sp³-hybridized carbons (Fsp3) is 0.182. The van der Waals surface area contributed by atoms with E-state index in [1.54, 1.807) is 12.4 Å². The molecular weight excluding hydrogens is 374 g/mol. The predicted octanol–water partition coefficient (Wildman–Crippen LogP) is 5.49. The maximum atomic E-state index is 12.7. The molecule has 126 valence electrons. The Labute approximate surface area is 157 Å². The molecule has 0 spiro atoms. The minimum Gasteiger partial charge on any atom is -0.299 e. The Bertz CT molecular complexity index is 843. The first-order valence-electron chi connectivity index (χ1n) is 8.35. The Kier molecular flexibility index (Phi) is 5.77. The summed E-state index contributed by atoms with van der Waals surface area (Å²) in [6, 6.07) is 20.4. The lowest BCUT2D eigenvalue weighted by Gasteiger charge is -2.20. The van der Waals surface area contributed by atoms with Crippen molar-refractivity contribution in [3.05, 3.63) is 99.8 Å². The summed E-state index contributed by atoms with van der Waals surface area (Å²) in [5.74, 6) is 0.311. The predicted molar refractivity (Wildman–Crippen MR) is 105 cm³/mol. The summed E-state index contributed by atoms with van der Waals surface area (Å²) >= 11 is 3.49. The molecule has 3 heteroatoms. The lowest BCUT2D eigenvalue weighted by Crippen LogP contribution is -2.12. The van der Waals surface area contributed by atoms with E-state index < -0.39 is 0 Å². The highest BCUT2D eigenvalue weighted by atomic mass is 79.9. The smallest absolute Gasteiger partial charge is 0.138 e. The van der Waals surface area contributed by atoms with Gasteiger partial charge in [0.1, 0.15) is 5.78 Å². The Morgan fingerprint density at radius 3 is 2.36 bits per heavy atom. The molecule has 1 aromatic heterocycles. The number of carbonyl (C=O) groups excluding carboxylic acids is 1. The molecule has 0 aliphatic heterocycles. The van der Waals surface area contributed by atoms with Crippen molar-refractivity contribution in [2.75, 3.05) is 0 Å². The molecule has 1 heterocycles. The van der Waals surface area contributed by atoms with Crippen LogP contribution in [0.2, 0.25) is 0 Å². The van der Waals surface area contributed by atoms with Crippen LogP contribution in [0.4, 0.5) is 0 Å². The maximum absolute atomic E-state index is 12.7. The van der Waals surface area contributed by atoms with Crippen molar-refractivity contribution in [2.45, 2.75) is 25.7 Å². The van der Waals surface area contributed by atoms with Crippen molar-refractivity contribution in [2.24, 2.45) is 0 Å². The molecule has 2 nitrogen and oxygen atoms in total. The van der Waals surface area contributed by atoms with Crippen LogP contribution in [0.15, 0.2) is 77.5 Å². The molecule has 3 rings (SSSR count). The molecule has 1 atom stereocenters. The minimum atomic E-state index is 0.0728. The third-order valence-electron chi connectivity index (χ3n) is 4.42. The van der Waals surface area contributed by atoms with Gasteiger partial charge in [-0.25, -0.2) is 0 Å². The van der Waals surface area contributed by atoms with Crippen molar-refractivity contribution in [3.63, 3.8) is 0 Å². The maximum Gasteiger partial charge on any atom is 0.138 e. The number of hydrogen-bond donors (Lipinski definition) is 0. The SMILES string of the molecule is Cc1ccccc1[C@H](CC(=O)Cc1ccncc1)c1ccc(Br)cc1. The van der Waals surface area contributed by atoms with Crippen LogP contribution in [0.3, 0.4) is 0 Å². The van der Waals surface area contributed by atoms with Crippen LogP contribution in [0.1, 0.15) is 34.6 Å². The molecule has 0 bridgehead atoms. The van der Waals surface area contributed by atoms with E-state index >= 15 is 0 Å². The van der Waals surface area contributed by atoms with Crippen LogP contribution in [0, 0.1) is 6.92 Å². The van der Waals surface area contributed by atoms with Crippen molar-refractivity contribution in [3.8, 4) is 0 Å². The molecule has 2 aromatic carbocycles. The number of carbonyl (C=O) groups is 1. The number of Topliss-reactive ketones (excluding diaryl/α,β-unsaturated/α-hetero) is 1. The third-order valence-corrected chi connectivity index (χ3v) is 4.95. The number of rotatable bonds is 6. The average Bonchev–Trinajstić information content (AvgIpc) is 2.62. The van der Waals surface area contributed by atoms with Crippen LogP contribution in [-0.4, -0.2) is 10.8 Å². The lowest BCUT2D eigenvalue weighted by atomic mass is 9.84. The highest BCUT2D eigenvalue weighted by Crippen LogP contribution is 2.31. The molecule has 0 saturated carbocycles. The highest BCUT2D eigenvalue weighted by molar-refractivity contribution is 9.10. The van der Waals surface area contributed by atoms with Gasteiger partial charge in [-0.3, -0.25) is 9.78 Å². The number of aryl methyl sites for hydroxylation is 1. The van der Waals surface area contributed by atoms with Gasteiger partial charge in [0.15, 0.2) is 0 Å². The van der Waals surface area contributed by atoms with Gasteiger partial charge in [-0.2, -0.15) is 0 Å². The number of hydrogen-bond acceptors (Lipinski definition) is 2. The number of ketones is 1. The summed E-state index contributed by atoms with van der Waals surface area (Å²) in [6.07, 6.45) is 4.41. The Hall–Kier alpha value is -2.26. The van der Waals surface area contributed by atoms with Gasteiger partial charge in [0.2, 0.25) is 0 Å². The summed E-state index contributed by atoms with van der Waals surface area (Å²) < 4.78 is 1.04. The Balaban J connectivity index is 1.87. The van der Waals surface area contributed by atoms with Crippen LogP contribution in [-0.2, 0) is 11.2 Å². The molecule has 0 radical (unpaired) electrons. The average molecular weight is 394 g/mol. The summed E-state index contributed by atoms with van der Waals surface area (Å²) in [7, 11) is 0. The number of nitrogens with zero attached hydrogens (tertiary/aromatic N) is 1. The van der Waals surface area contributed by atoms with E-state index in [0.717, 1.165) is 10.0 Å². The second-order valence-electron chi connectivity index (χ2n) is 6.24. The van der Waals surface area contributed by atoms with Crippen molar-refractivity contribution >= 4 is 21.7 Å². The molecule has 0 amide bonds. The van der Waals surface area contributed by atoms with E-state index in [4.69, 9.17) is 0 Å². The monoisotopic (exact) mass is 393 g/mol. The summed E-state index contributed by atoms with van der Waals surface area (Å²) in [5.41, 5.74) is 4.61. The van der Waals surface area contributed by atoms with Crippen LogP contribution in [0.25, 0.3) is 0 Å². The number of benzene rings is 2. The van der Waals surface area contributed by atoms with E-state index in [0.29, 0.717) is 12.8 Å². The molecule has 0 N–H and O–H groups in total. The van der Waals surface area contributed by atoms with Crippen LogP contribution < -0.4 is 0 Å². The van der Waals surface area contributed by atoms with Crippen molar-refractivity contribution < 1.29 is 4.79 Å². The van der Waals surface area contributed by atoms with E-state index in [-0.39, 0.29) is 11.7 Å². The first kappa shape index (κ1) is 17.6. The van der Waals surface area contributed by atoms with Gasteiger partial charge in [0, 0.05) is 35.6 Å². The lowest BCUT2D eigenvalue weighted by molar-refractivity contribution is -0.118. The number of pyridine rings is 1. The zero-order valence-corrected chi connectivity index (χ0v) is 15.7. The molecule has 25 heavy (non-hydrogen) atoms. The summed E-state index contributed by atoms with van der Waals surface area (Å²) in [5, 5.41) is 0. The fourth-order valence-corrected chi connectivity index (χ4v) is 3.37. The second kappa shape index (κ2) is 8.21. The minimum absolute atomic E-state index is 0.0728. The topological polar surface area (TPSA) is 30.0 Å². The molecule has 0 saturated heterocycles. The third kappa shape index (κ3) is 4.64. The van der Waals surface area contributed by atoms with E-state index in [1.165, 1.54) is 16.7 Å². The fourth-order valence-electron chi connectivity index (χ4n) is 3.11. The number of aromatic nitrogens is 1. The first-order chi connectivity index (χ1) is 12.1. The van der Waals surface area contributed by atoms with Crippen molar-refractivity contribution in [1.82, 2.24) is 4.98 Å². The van der Waals surface area contributed by atoms with Crippen LogP contribution >= 0.6 is 15.9 Å². The Morgan fingerprint density at radius 2 is 1.68 bits per heavy atom. The number of halogens is 1. The Morgan fingerprint density at radius 1 is 1.00 bits per heavy atom. The first-order valence-corrected chi connectivity index (χ1v) is 9.14. The molecule has 0 aliphatic carbocycles. The van der Waals surface area contributed by atoms with Crippen LogP contribution in [0.5, 0.6) is 0 Å². The van der Waals surface area contributed by atoms with Gasteiger partial charge in [0.25, 0.3) is 0 Å². The standard InChI is InChI=1S/C22H20BrNO/c1-16-4-2-3-5-21(16)22(18-6-8-19(23)9-7-18)15-20(25)14-17-10-12-24-13-11-17/h2-13,22H,14-15H2,1H3/t22-/m1/s1. The molecule has 3 aromatic rings. The molecule has 0 aliphatic rings. The quantitative estimate of drug-likeness (QED) is 0.554. The van der Waals surface area contributed by atoms with Gasteiger partial charge in [0.05, 0.1) is 0 Å². The van der Waals surface area contributed by atoms with Gasteiger partial charge in [-0.15, -0.1) is 0 Å². The second-order valence-corrected chi connectivity index (χ2v) is 7.15. The normalized spacial score (nSPS) is 11.9. The van der Waals surface area contributed by atoms with Crippen molar-refractivity contribution in [1.29, 1.82) is 0 Å². The van der Waals surface area contributed by atoms with Gasteiger partial charge < -0.3 is 0 Å². The van der Waals surface area contributed by atoms with Gasteiger partial charge in [-0.05, 0) is 53.4 Å². The largest absolute Gasteiger partial charge is 0.299 e. The molecule has 0 unspecified atom stereocenters. The van der Waals surface area contributed by atoms with E-state index in [9.17, 15) is 4.79 Å². The van der Waals surface area contributed by atoms with E-state index in [2.05, 4.69) is 52.1 Å². The zero-order valence-electron chi connectivity index (χ0n) is 14.2. The summed E-state index contributed by atoms with van der Waals surface area (Å²) in [4.78, 5) is 16.7. The summed E-state index contributed by atoms with van der Waals surface area (Å²) in [6.45, 7) is 2.11. The van der Waals surface area contributed by atoms with Gasteiger partial charge in [-0.1, -0.05) is 52.3 Å².